The van der Waals surface area contributed by atoms with Gasteiger partial charge in [-0.05, 0) is 69.5 Å². The molecule has 1 unspecified atom stereocenters. The highest BCUT2D eigenvalue weighted by molar-refractivity contribution is 9.10. The Hall–Kier alpha value is -1.60. The van der Waals surface area contributed by atoms with Crippen LogP contribution in [0.2, 0.25) is 0 Å². The molecule has 0 radical (unpaired) electrons. The predicted octanol–water partition coefficient (Wildman–Crippen LogP) is 3.12. The molecule has 7 heteroatoms. The number of anilines is 1. The Morgan fingerprint density at radius 2 is 1.96 bits per heavy atom. The summed E-state index contributed by atoms with van der Waals surface area (Å²) in [6.07, 6.45) is 2.43. The van der Waals surface area contributed by atoms with Gasteiger partial charge in [0.2, 0.25) is 5.91 Å². The molecule has 1 aromatic carbocycles. The maximum absolute atomic E-state index is 12.0. The van der Waals surface area contributed by atoms with Crippen LogP contribution in [0.25, 0.3) is 0 Å². The molecule has 1 heterocycles. The van der Waals surface area contributed by atoms with E-state index in [1.165, 1.54) is 12.8 Å². The molecule has 0 aromatic heterocycles. The van der Waals surface area contributed by atoms with Crippen molar-refractivity contribution in [1.82, 2.24) is 15.5 Å². The average molecular weight is 425 g/mol. The smallest absolute Gasteiger partial charge is 0.315 e. The van der Waals surface area contributed by atoms with Crippen LogP contribution in [0.4, 0.5) is 10.5 Å². The molecule has 3 amide bonds. The number of aryl methyl sites for hydroxylation is 1. The van der Waals surface area contributed by atoms with Gasteiger partial charge in [-0.2, -0.15) is 0 Å². The van der Waals surface area contributed by atoms with E-state index in [-0.39, 0.29) is 18.5 Å². The van der Waals surface area contributed by atoms with E-state index in [0.29, 0.717) is 12.6 Å². The molecule has 1 aliphatic heterocycles. The highest BCUT2D eigenvalue weighted by Gasteiger charge is 2.20. The fourth-order valence-electron chi connectivity index (χ4n) is 3.02. The van der Waals surface area contributed by atoms with E-state index in [1.807, 2.05) is 25.1 Å². The van der Waals surface area contributed by atoms with Crippen molar-refractivity contribution >= 4 is 33.6 Å². The maximum Gasteiger partial charge on any atom is 0.315 e. The molecular formula is C19H29BrN4O2. The first-order valence-electron chi connectivity index (χ1n) is 9.17. The molecule has 0 bridgehead atoms. The van der Waals surface area contributed by atoms with Crippen molar-refractivity contribution in [3.05, 3.63) is 28.2 Å². The second-order valence-electron chi connectivity index (χ2n) is 7.14. The normalized spacial score (nSPS) is 16.8. The first-order valence-corrected chi connectivity index (χ1v) is 9.96. The molecule has 26 heavy (non-hydrogen) atoms. The van der Waals surface area contributed by atoms with E-state index in [4.69, 9.17) is 0 Å². The van der Waals surface area contributed by atoms with Gasteiger partial charge >= 0.3 is 6.03 Å². The molecule has 0 spiro atoms. The maximum atomic E-state index is 12.0. The summed E-state index contributed by atoms with van der Waals surface area (Å²) in [6, 6.07) is 5.61. The second kappa shape index (κ2) is 9.92. The number of halogens is 1. The first-order chi connectivity index (χ1) is 12.3. The summed E-state index contributed by atoms with van der Waals surface area (Å²) in [7, 11) is 0. The molecular weight excluding hydrogens is 396 g/mol. The molecule has 1 saturated heterocycles. The summed E-state index contributed by atoms with van der Waals surface area (Å²) in [6.45, 7) is 9.02. The van der Waals surface area contributed by atoms with Crippen LogP contribution in [-0.4, -0.2) is 49.1 Å². The van der Waals surface area contributed by atoms with Gasteiger partial charge in [-0.25, -0.2) is 4.79 Å². The molecule has 1 atom stereocenters. The van der Waals surface area contributed by atoms with Crippen molar-refractivity contribution < 1.29 is 9.59 Å². The number of hydrogen-bond donors (Lipinski definition) is 3. The third-order valence-corrected chi connectivity index (χ3v) is 5.36. The SMILES string of the molecule is Cc1cc(Br)ccc1NC(=O)CNC(=O)NCC(C)N1CCC(C)CC1. The van der Waals surface area contributed by atoms with Crippen LogP contribution in [0.3, 0.4) is 0 Å². The van der Waals surface area contributed by atoms with E-state index < -0.39 is 0 Å². The lowest BCUT2D eigenvalue weighted by Gasteiger charge is -2.34. The minimum Gasteiger partial charge on any atom is -0.337 e. The van der Waals surface area contributed by atoms with Gasteiger partial charge in [0.05, 0.1) is 6.54 Å². The van der Waals surface area contributed by atoms with Crippen molar-refractivity contribution in [3.63, 3.8) is 0 Å². The van der Waals surface area contributed by atoms with Gasteiger partial charge in [0, 0.05) is 22.7 Å². The number of nitrogens with one attached hydrogen (secondary N) is 3. The Kier molecular flexibility index (Phi) is 7.90. The van der Waals surface area contributed by atoms with E-state index in [9.17, 15) is 9.59 Å². The fraction of sp³-hybridized carbons (Fsp3) is 0.579. The summed E-state index contributed by atoms with van der Waals surface area (Å²) in [5.74, 6) is 0.547. The number of piperidine rings is 1. The third kappa shape index (κ3) is 6.61. The van der Waals surface area contributed by atoms with E-state index >= 15 is 0 Å². The Morgan fingerprint density at radius 1 is 1.27 bits per heavy atom. The van der Waals surface area contributed by atoms with Gasteiger partial charge in [-0.1, -0.05) is 22.9 Å². The van der Waals surface area contributed by atoms with Crippen LogP contribution < -0.4 is 16.0 Å². The average Bonchev–Trinajstić information content (AvgIpc) is 2.61. The van der Waals surface area contributed by atoms with Crippen molar-refractivity contribution in [1.29, 1.82) is 0 Å². The van der Waals surface area contributed by atoms with E-state index in [0.717, 1.165) is 34.7 Å². The largest absolute Gasteiger partial charge is 0.337 e. The molecule has 6 nitrogen and oxygen atoms in total. The predicted molar refractivity (Wildman–Crippen MR) is 108 cm³/mol. The van der Waals surface area contributed by atoms with Crippen LogP contribution >= 0.6 is 15.9 Å². The topological polar surface area (TPSA) is 73.5 Å². The van der Waals surface area contributed by atoms with E-state index in [1.54, 1.807) is 0 Å². The van der Waals surface area contributed by atoms with Gasteiger partial charge in [-0.15, -0.1) is 0 Å². The number of rotatable bonds is 6. The molecule has 1 aliphatic rings. The number of benzene rings is 1. The number of nitrogens with zero attached hydrogens (tertiary/aromatic N) is 1. The lowest BCUT2D eigenvalue weighted by atomic mass is 9.98. The number of likely N-dealkylation sites (tertiary alicyclic amines) is 1. The van der Waals surface area contributed by atoms with Crippen molar-refractivity contribution in [2.24, 2.45) is 5.92 Å². The summed E-state index contributed by atoms with van der Waals surface area (Å²) in [5, 5.41) is 8.26. The monoisotopic (exact) mass is 424 g/mol. The zero-order chi connectivity index (χ0) is 19.1. The van der Waals surface area contributed by atoms with E-state index in [2.05, 4.69) is 50.6 Å². The zero-order valence-corrected chi connectivity index (χ0v) is 17.4. The minimum atomic E-state index is -0.315. The van der Waals surface area contributed by atoms with Crippen LogP contribution in [-0.2, 0) is 4.79 Å². The quantitative estimate of drug-likeness (QED) is 0.656. The number of hydrogen-bond acceptors (Lipinski definition) is 3. The summed E-state index contributed by atoms with van der Waals surface area (Å²) in [4.78, 5) is 26.3. The Bertz CT molecular complexity index is 630. The molecule has 1 aromatic rings. The van der Waals surface area contributed by atoms with Crippen molar-refractivity contribution in [3.8, 4) is 0 Å². The lowest BCUT2D eigenvalue weighted by Crippen LogP contribution is -2.48. The number of amides is 3. The minimum absolute atomic E-state index is 0.0586. The third-order valence-electron chi connectivity index (χ3n) is 4.87. The van der Waals surface area contributed by atoms with Gasteiger partial charge < -0.3 is 16.0 Å². The summed E-state index contributed by atoms with van der Waals surface area (Å²) >= 11 is 3.39. The Balaban J connectivity index is 1.67. The van der Waals surface area contributed by atoms with Gasteiger partial charge in [0.1, 0.15) is 0 Å². The van der Waals surface area contributed by atoms with Gasteiger partial charge in [0.25, 0.3) is 0 Å². The lowest BCUT2D eigenvalue weighted by molar-refractivity contribution is -0.115. The molecule has 3 N–H and O–H groups in total. The highest BCUT2D eigenvalue weighted by atomic mass is 79.9. The van der Waals surface area contributed by atoms with Gasteiger partial charge in [-0.3, -0.25) is 9.69 Å². The molecule has 0 aliphatic carbocycles. The Morgan fingerprint density at radius 3 is 2.62 bits per heavy atom. The number of carbonyl (C=O) groups is 2. The van der Waals surface area contributed by atoms with Crippen molar-refractivity contribution in [2.75, 3.05) is 31.5 Å². The first kappa shape index (κ1) is 20.7. The van der Waals surface area contributed by atoms with Gasteiger partial charge in [0.15, 0.2) is 0 Å². The number of urea groups is 1. The van der Waals surface area contributed by atoms with Crippen LogP contribution in [0.1, 0.15) is 32.3 Å². The summed E-state index contributed by atoms with van der Waals surface area (Å²) in [5.41, 5.74) is 1.70. The molecule has 2 rings (SSSR count). The number of carbonyl (C=O) groups excluding carboxylic acids is 2. The molecule has 1 fully saturated rings. The van der Waals surface area contributed by atoms with Crippen LogP contribution in [0, 0.1) is 12.8 Å². The fourth-order valence-corrected chi connectivity index (χ4v) is 3.50. The van der Waals surface area contributed by atoms with Crippen molar-refractivity contribution in [2.45, 2.75) is 39.7 Å². The zero-order valence-electron chi connectivity index (χ0n) is 15.8. The van der Waals surface area contributed by atoms with Crippen LogP contribution in [0.15, 0.2) is 22.7 Å². The standard InChI is InChI=1S/C19H29BrN4O2/c1-13-6-8-24(9-7-13)15(3)11-21-19(26)22-12-18(25)23-17-5-4-16(20)10-14(17)2/h4-5,10,13,15H,6-9,11-12H2,1-3H3,(H,23,25)(H2,21,22,26). The van der Waals surface area contributed by atoms with Crippen LogP contribution in [0.5, 0.6) is 0 Å². The molecule has 0 saturated carbocycles. The second-order valence-corrected chi connectivity index (χ2v) is 8.05. The molecule has 144 valence electrons. The Labute approximate surface area is 164 Å². The highest BCUT2D eigenvalue weighted by Crippen LogP contribution is 2.20. The summed E-state index contributed by atoms with van der Waals surface area (Å²) < 4.78 is 0.961.